The first-order valence-electron chi connectivity index (χ1n) is 6.19. The highest BCUT2D eigenvalue weighted by atomic mass is 16.7. The van der Waals surface area contributed by atoms with E-state index in [1.165, 1.54) is 0 Å². The maximum absolute atomic E-state index is 11.5. The summed E-state index contributed by atoms with van der Waals surface area (Å²) >= 11 is 0. The van der Waals surface area contributed by atoms with Crippen molar-refractivity contribution in [1.82, 2.24) is 10.4 Å². The third-order valence-electron chi connectivity index (χ3n) is 2.74. The number of carboxylic acids is 1. The lowest BCUT2D eigenvalue weighted by molar-refractivity contribution is -0.216. The number of aliphatic carboxylic acids is 1. The normalized spacial score (nSPS) is 17.0. The zero-order valence-corrected chi connectivity index (χ0v) is 11.0. The number of ether oxygens (including phenoxy) is 1. The van der Waals surface area contributed by atoms with Crippen molar-refractivity contribution in [3.63, 3.8) is 0 Å². The summed E-state index contributed by atoms with van der Waals surface area (Å²) in [5.41, 5.74) is 0.832. The number of β-lactam (4-membered cyclic amide) rings is 1. The third-order valence-corrected chi connectivity index (χ3v) is 2.74. The fourth-order valence-electron chi connectivity index (χ4n) is 1.66. The van der Waals surface area contributed by atoms with Gasteiger partial charge in [0.1, 0.15) is 12.6 Å². The first-order valence-corrected chi connectivity index (χ1v) is 6.19. The molecular weight excluding hydrogens is 280 g/mol. The van der Waals surface area contributed by atoms with Crippen molar-refractivity contribution in [2.75, 3.05) is 13.2 Å². The molecule has 0 bridgehead atoms. The van der Waals surface area contributed by atoms with Crippen LogP contribution in [0.4, 0.5) is 4.79 Å². The quantitative estimate of drug-likeness (QED) is 0.723. The number of nitrogens with zero attached hydrogens (tertiary/aromatic N) is 1. The van der Waals surface area contributed by atoms with E-state index in [9.17, 15) is 14.4 Å². The van der Waals surface area contributed by atoms with Crippen molar-refractivity contribution >= 4 is 18.0 Å². The molecular formula is C13H14N2O6. The molecule has 1 aromatic carbocycles. The van der Waals surface area contributed by atoms with E-state index in [0.29, 0.717) is 0 Å². The van der Waals surface area contributed by atoms with Crippen LogP contribution in [-0.4, -0.2) is 47.3 Å². The van der Waals surface area contributed by atoms with Crippen molar-refractivity contribution in [2.45, 2.75) is 12.6 Å². The summed E-state index contributed by atoms with van der Waals surface area (Å²) in [6, 6.07) is 8.37. The molecule has 1 aromatic rings. The first-order chi connectivity index (χ1) is 10.1. The summed E-state index contributed by atoms with van der Waals surface area (Å²) in [7, 11) is 0. The Morgan fingerprint density at radius 3 is 2.67 bits per heavy atom. The Hall–Kier alpha value is -2.61. The SMILES string of the molecule is O=C(O)CON1CC(NC(=O)OCc2ccccc2)C1=O. The number of benzene rings is 1. The molecule has 0 aliphatic carbocycles. The van der Waals surface area contributed by atoms with E-state index in [4.69, 9.17) is 9.84 Å². The van der Waals surface area contributed by atoms with Gasteiger partial charge in [-0.25, -0.2) is 14.7 Å². The Labute approximate surface area is 120 Å². The van der Waals surface area contributed by atoms with Gasteiger partial charge in [0.15, 0.2) is 6.61 Å². The molecule has 2 amide bonds. The zero-order valence-electron chi connectivity index (χ0n) is 11.0. The van der Waals surface area contributed by atoms with E-state index >= 15 is 0 Å². The van der Waals surface area contributed by atoms with Crippen molar-refractivity contribution in [2.24, 2.45) is 0 Å². The molecule has 21 heavy (non-hydrogen) atoms. The molecule has 1 heterocycles. The lowest BCUT2D eigenvalue weighted by atomic mass is 10.1. The minimum Gasteiger partial charge on any atom is -0.479 e. The second-order valence-corrected chi connectivity index (χ2v) is 4.33. The Kier molecular flexibility index (Phi) is 4.72. The van der Waals surface area contributed by atoms with Crippen LogP contribution in [0.25, 0.3) is 0 Å². The minimum atomic E-state index is -1.18. The Morgan fingerprint density at radius 2 is 2.05 bits per heavy atom. The van der Waals surface area contributed by atoms with Gasteiger partial charge in [0.2, 0.25) is 0 Å². The van der Waals surface area contributed by atoms with Gasteiger partial charge < -0.3 is 15.2 Å². The number of amides is 2. The van der Waals surface area contributed by atoms with Crippen LogP contribution in [0.3, 0.4) is 0 Å². The molecule has 8 heteroatoms. The van der Waals surface area contributed by atoms with E-state index in [-0.39, 0.29) is 13.2 Å². The highest BCUT2D eigenvalue weighted by Gasteiger charge is 2.39. The number of hydroxylamine groups is 2. The van der Waals surface area contributed by atoms with Crippen molar-refractivity contribution < 1.29 is 29.1 Å². The summed E-state index contributed by atoms with van der Waals surface area (Å²) < 4.78 is 4.96. The molecule has 0 spiro atoms. The highest BCUT2D eigenvalue weighted by molar-refractivity contribution is 5.90. The number of hydrogen-bond acceptors (Lipinski definition) is 5. The van der Waals surface area contributed by atoms with Crippen molar-refractivity contribution in [3.8, 4) is 0 Å². The molecule has 2 rings (SSSR count). The smallest absolute Gasteiger partial charge is 0.408 e. The van der Waals surface area contributed by atoms with E-state index in [1.54, 1.807) is 0 Å². The zero-order chi connectivity index (χ0) is 15.2. The van der Waals surface area contributed by atoms with Crippen LogP contribution in [0.5, 0.6) is 0 Å². The van der Waals surface area contributed by atoms with Gasteiger partial charge in [0.05, 0.1) is 6.54 Å². The standard InChI is InChI=1S/C13H14N2O6/c16-11(17)8-21-15-6-10(12(15)18)14-13(19)20-7-9-4-2-1-3-5-9/h1-5,10H,6-8H2,(H,14,19)(H,16,17). The summed E-state index contributed by atoms with van der Waals surface area (Å²) in [6.45, 7) is -0.406. The van der Waals surface area contributed by atoms with Crippen LogP contribution in [0, 0.1) is 0 Å². The van der Waals surface area contributed by atoms with E-state index in [0.717, 1.165) is 10.6 Å². The number of hydrogen-bond donors (Lipinski definition) is 2. The molecule has 1 fully saturated rings. The number of nitrogens with one attached hydrogen (secondary N) is 1. The predicted molar refractivity (Wildman–Crippen MR) is 68.9 cm³/mol. The minimum absolute atomic E-state index is 0.0898. The van der Waals surface area contributed by atoms with Gasteiger partial charge in [-0.15, -0.1) is 0 Å². The van der Waals surface area contributed by atoms with Gasteiger partial charge in [-0.3, -0.25) is 9.63 Å². The van der Waals surface area contributed by atoms with Crippen LogP contribution < -0.4 is 5.32 Å². The number of carbonyl (C=O) groups is 3. The van der Waals surface area contributed by atoms with E-state index in [1.807, 2.05) is 30.3 Å². The van der Waals surface area contributed by atoms with Crippen LogP contribution in [0.15, 0.2) is 30.3 Å². The Bertz CT molecular complexity index is 533. The largest absolute Gasteiger partial charge is 0.479 e. The molecule has 1 atom stereocenters. The second kappa shape index (κ2) is 6.71. The topological polar surface area (TPSA) is 105 Å². The van der Waals surface area contributed by atoms with Gasteiger partial charge in [-0.05, 0) is 5.56 Å². The fourth-order valence-corrected chi connectivity index (χ4v) is 1.66. The molecule has 0 saturated carbocycles. The lowest BCUT2D eigenvalue weighted by Crippen LogP contribution is -2.63. The average molecular weight is 294 g/mol. The van der Waals surface area contributed by atoms with Gasteiger partial charge in [0.25, 0.3) is 5.91 Å². The monoisotopic (exact) mass is 294 g/mol. The predicted octanol–water partition coefficient (Wildman–Crippen LogP) is 0.140. The van der Waals surface area contributed by atoms with Crippen LogP contribution in [0.1, 0.15) is 5.56 Å². The number of carbonyl (C=O) groups excluding carboxylic acids is 2. The fraction of sp³-hybridized carbons (Fsp3) is 0.308. The molecule has 8 nitrogen and oxygen atoms in total. The van der Waals surface area contributed by atoms with Gasteiger partial charge >= 0.3 is 12.1 Å². The molecule has 2 N–H and O–H groups in total. The van der Waals surface area contributed by atoms with Crippen LogP contribution in [-0.2, 0) is 25.8 Å². The molecule has 0 radical (unpaired) electrons. The number of rotatable bonds is 6. The summed E-state index contributed by atoms with van der Waals surface area (Å²) in [5, 5.41) is 11.7. The molecule has 1 aliphatic heterocycles. The Morgan fingerprint density at radius 1 is 1.33 bits per heavy atom. The first kappa shape index (κ1) is 14.8. The van der Waals surface area contributed by atoms with Gasteiger partial charge in [-0.1, -0.05) is 30.3 Å². The summed E-state index contributed by atoms with van der Waals surface area (Å²) in [6.07, 6.45) is -0.713. The van der Waals surface area contributed by atoms with Gasteiger partial charge in [0, 0.05) is 0 Å². The van der Waals surface area contributed by atoms with Crippen molar-refractivity contribution in [1.29, 1.82) is 0 Å². The molecule has 1 unspecified atom stereocenters. The van der Waals surface area contributed by atoms with Crippen molar-refractivity contribution in [3.05, 3.63) is 35.9 Å². The highest BCUT2D eigenvalue weighted by Crippen LogP contribution is 2.11. The molecule has 1 saturated heterocycles. The average Bonchev–Trinajstić information content (AvgIpc) is 2.48. The van der Waals surface area contributed by atoms with Crippen LogP contribution in [0.2, 0.25) is 0 Å². The second-order valence-electron chi connectivity index (χ2n) is 4.33. The summed E-state index contributed by atoms with van der Waals surface area (Å²) in [4.78, 5) is 38.0. The lowest BCUT2D eigenvalue weighted by Gasteiger charge is -2.36. The third kappa shape index (κ3) is 4.18. The molecule has 0 aromatic heterocycles. The Balaban J connectivity index is 1.68. The maximum Gasteiger partial charge on any atom is 0.408 e. The summed E-state index contributed by atoms with van der Waals surface area (Å²) in [5.74, 6) is -1.69. The molecule has 1 aliphatic rings. The van der Waals surface area contributed by atoms with Gasteiger partial charge in [-0.2, -0.15) is 0 Å². The number of carboxylic acid groups (broad SMARTS) is 1. The maximum atomic E-state index is 11.5. The number of alkyl carbamates (subject to hydrolysis) is 1. The van der Waals surface area contributed by atoms with E-state index < -0.39 is 30.6 Å². The molecule has 112 valence electrons. The van der Waals surface area contributed by atoms with E-state index in [2.05, 4.69) is 10.2 Å². The van der Waals surface area contributed by atoms with Crippen LogP contribution >= 0.6 is 0 Å².